The highest BCUT2D eigenvalue weighted by Crippen LogP contribution is 2.37. The summed E-state index contributed by atoms with van der Waals surface area (Å²) >= 11 is 7.13. The average Bonchev–Trinajstić information content (AvgIpc) is 3.49. The number of carboxylic acids is 1. The Labute approximate surface area is 222 Å². The van der Waals surface area contributed by atoms with Crippen molar-refractivity contribution in [2.75, 3.05) is 7.11 Å². The molecule has 0 saturated heterocycles. The first-order valence-corrected chi connectivity index (χ1v) is 12.6. The van der Waals surface area contributed by atoms with Crippen LogP contribution in [0, 0.1) is 13.8 Å². The van der Waals surface area contributed by atoms with Crippen molar-refractivity contribution < 1.29 is 14.6 Å². The van der Waals surface area contributed by atoms with Gasteiger partial charge < -0.3 is 14.8 Å². The molecule has 186 valence electrons. The minimum atomic E-state index is -1.07. The van der Waals surface area contributed by atoms with Crippen molar-refractivity contribution in [1.29, 1.82) is 0 Å². The van der Waals surface area contributed by atoms with Crippen LogP contribution in [-0.4, -0.2) is 38.4 Å². The van der Waals surface area contributed by atoms with Gasteiger partial charge in [0, 0.05) is 21.5 Å². The van der Waals surface area contributed by atoms with E-state index >= 15 is 0 Å². The number of aliphatic carboxylic acids is 1. The number of aryl methyl sites for hydroxylation is 2. The third kappa shape index (κ3) is 4.98. The lowest BCUT2D eigenvalue weighted by Crippen LogP contribution is -1.97. The summed E-state index contributed by atoms with van der Waals surface area (Å²) in [6, 6.07) is 19.2. The molecular formula is C28H23ClN4O3S. The summed E-state index contributed by atoms with van der Waals surface area (Å²) in [5.41, 5.74) is 6.39. The average molecular weight is 531 g/mol. The summed E-state index contributed by atoms with van der Waals surface area (Å²) in [4.78, 5) is 20.5. The molecule has 3 aromatic carbocycles. The van der Waals surface area contributed by atoms with E-state index in [1.54, 1.807) is 31.4 Å². The zero-order valence-corrected chi connectivity index (χ0v) is 21.9. The van der Waals surface area contributed by atoms with Crippen molar-refractivity contribution in [2.45, 2.75) is 19.0 Å². The fraction of sp³-hybridized carbons (Fsp3) is 0.107. The predicted octanol–water partition coefficient (Wildman–Crippen LogP) is 7.12. The van der Waals surface area contributed by atoms with Gasteiger partial charge in [-0.25, -0.2) is 9.78 Å². The maximum Gasteiger partial charge on any atom is 0.342 e. The topological polar surface area (TPSA) is 104 Å². The van der Waals surface area contributed by atoms with Gasteiger partial charge in [-0.15, -0.1) is 5.10 Å². The number of nitrogens with zero attached hydrogens (tertiary/aromatic N) is 2. The van der Waals surface area contributed by atoms with Gasteiger partial charge >= 0.3 is 5.97 Å². The number of fused-ring (bicyclic) bond motifs is 1. The molecule has 0 bridgehead atoms. The van der Waals surface area contributed by atoms with Gasteiger partial charge in [-0.1, -0.05) is 53.6 Å². The summed E-state index contributed by atoms with van der Waals surface area (Å²) in [7, 11) is 1.55. The number of aromatic nitrogens is 4. The molecule has 2 heterocycles. The van der Waals surface area contributed by atoms with Crippen LogP contribution in [0.4, 0.5) is 0 Å². The molecular weight excluding hydrogens is 508 g/mol. The van der Waals surface area contributed by atoms with E-state index in [1.807, 2.05) is 44.2 Å². The quantitative estimate of drug-likeness (QED) is 0.153. The van der Waals surface area contributed by atoms with E-state index in [1.165, 1.54) is 0 Å². The summed E-state index contributed by atoms with van der Waals surface area (Å²) in [5, 5.41) is 19.0. The maximum absolute atomic E-state index is 12.4. The number of ether oxygens (including phenoxy) is 1. The van der Waals surface area contributed by atoms with Gasteiger partial charge in [-0.2, -0.15) is 0 Å². The lowest BCUT2D eigenvalue weighted by atomic mass is 10.0. The number of halogens is 1. The Balaban J connectivity index is 1.60. The van der Waals surface area contributed by atoms with Crippen molar-refractivity contribution in [3.05, 3.63) is 87.3 Å². The molecule has 3 N–H and O–H groups in total. The van der Waals surface area contributed by atoms with E-state index in [9.17, 15) is 9.90 Å². The first-order chi connectivity index (χ1) is 17.8. The zero-order chi connectivity index (χ0) is 26.1. The monoisotopic (exact) mass is 530 g/mol. The van der Waals surface area contributed by atoms with Crippen LogP contribution in [0.3, 0.4) is 0 Å². The zero-order valence-electron chi connectivity index (χ0n) is 20.3. The van der Waals surface area contributed by atoms with E-state index in [2.05, 4.69) is 32.3 Å². The van der Waals surface area contributed by atoms with Crippen molar-refractivity contribution >= 4 is 46.3 Å². The van der Waals surface area contributed by atoms with Crippen LogP contribution in [0.15, 0.2) is 70.7 Å². The molecule has 0 aliphatic rings. The Kier molecular flexibility index (Phi) is 6.78. The summed E-state index contributed by atoms with van der Waals surface area (Å²) in [6.07, 6.45) is 1.68. The fourth-order valence-corrected chi connectivity index (χ4v) is 5.16. The number of hydrogen-bond donors (Lipinski definition) is 3. The molecule has 0 aliphatic heterocycles. The second-order valence-corrected chi connectivity index (χ2v) is 9.96. The van der Waals surface area contributed by atoms with Crippen LogP contribution >= 0.6 is 23.4 Å². The molecule has 0 aliphatic carbocycles. The van der Waals surface area contributed by atoms with Gasteiger partial charge in [-0.3, -0.25) is 5.10 Å². The standard InChI is InChI=1S/C28H23ClN4O3S/c1-15-11-16(2)24-19(12-15)20(25(30-24)17-7-5-4-6-8-17)14-23(27(34)35)37-28-31-26(32-33-28)21-13-18(29)9-10-22(21)36-3/h4-14,30H,1-3H3,(H,34,35)(H,31,32,33)/b23-14-. The molecule has 9 heteroatoms. The number of hydrogen-bond acceptors (Lipinski definition) is 5. The molecule has 0 unspecified atom stereocenters. The first-order valence-electron chi connectivity index (χ1n) is 11.4. The molecule has 5 aromatic rings. The molecule has 0 fully saturated rings. The number of rotatable bonds is 7. The molecule has 37 heavy (non-hydrogen) atoms. The lowest BCUT2D eigenvalue weighted by molar-refractivity contribution is -0.131. The summed E-state index contributed by atoms with van der Waals surface area (Å²) < 4.78 is 5.41. The van der Waals surface area contributed by atoms with Crippen LogP contribution in [0.1, 0.15) is 16.7 Å². The lowest BCUT2D eigenvalue weighted by Gasteiger charge is -2.05. The first kappa shape index (κ1) is 24.7. The Morgan fingerprint density at radius 2 is 1.89 bits per heavy atom. The van der Waals surface area contributed by atoms with Crippen molar-refractivity contribution in [3.8, 4) is 28.4 Å². The maximum atomic E-state index is 12.4. The highest BCUT2D eigenvalue weighted by atomic mass is 35.5. The Morgan fingerprint density at radius 3 is 2.62 bits per heavy atom. The van der Waals surface area contributed by atoms with Gasteiger partial charge in [0.1, 0.15) is 10.7 Å². The van der Waals surface area contributed by atoms with Crippen LogP contribution in [0.5, 0.6) is 5.75 Å². The number of nitrogens with one attached hydrogen (secondary N) is 2. The molecule has 0 saturated carbocycles. The van der Waals surface area contributed by atoms with Crippen molar-refractivity contribution in [3.63, 3.8) is 0 Å². The van der Waals surface area contributed by atoms with Crippen LogP contribution in [0.25, 0.3) is 39.6 Å². The summed E-state index contributed by atoms with van der Waals surface area (Å²) in [6.45, 7) is 4.07. The second kappa shape index (κ2) is 10.2. The van der Waals surface area contributed by atoms with Gasteiger partial charge in [0.05, 0.1) is 18.4 Å². The predicted molar refractivity (Wildman–Crippen MR) is 148 cm³/mol. The van der Waals surface area contributed by atoms with E-state index < -0.39 is 5.97 Å². The highest BCUT2D eigenvalue weighted by molar-refractivity contribution is 8.04. The smallest absolute Gasteiger partial charge is 0.342 e. The number of carboxylic acid groups (broad SMARTS) is 1. The van der Waals surface area contributed by atoms with E-state index in [4.69, 9.17) is 16.3 Å². The number of carbonyl (C=O) groups is 1. The largest absolute Gasteiger partial charge is 0.496 e. The Hall–Kier alpha value is -4.01. The van der Waals surface area contributed by atoms with E-state index in [-0.39, 0.29) is 10.1 Å². The van der Waals surface area contributed by atoms with E-state index in [0.717, 1.165) is 50.6 Å². The second-order valence-electron chi connectivity index (χ2n) is 8.51. The van der Waals surface area contributed by atoms with Gasteiger partial charge in [0.2, 0.25) is 5.16 Å². The third-order valence-electron chi connectivity index (χ3n) is 5.92. The summed E-state index contributed by atoms with van der Waals surface area (Å²) in [5.74, 6) is -0.0764. The Morgan fingerprint density at radius 1 is 1.11 bits per heavy atom. The van der Waals surface area contributed by atoms with Crippen molar-refractivity contribution in [1.82, 2.24) is 20.2 Å². The normalized spacial score (nSPS) is 11.7. The van der Waals surface area contributed by atoms with Crippen LogP contribution in [0.2, 0.25) is 5.02 Å². The molecule has 7 nitrogen and oxygen atoms in total. The van der Waals surface area contributed by atoms with Crippen LogP contribution < -0.4 is 4.74 Å². The molecule has 0 amide bonds. The number of benzene rings is 3. The third-order valence-corrected chi connectivity index (χ3v) is 7.03. The number of H-pyrrole nitrogens is 2. The number of aromatic amines is 2. The SMILES string of the molecule is COc1ccc(Cl)cc1-c1nc(S/C(=C\c2c(-c3ccccc3)[nH]c3c(C)cc(C)cc23)C(=O)O)n[nH]1. The van der Waals surface area contributed by atoms with Gasteiger partial charge in [0.25, 0.3) is 0 Å². The molecule has 0 radical (unpaired) electrons. The molecule has 2 aromatic heterocycles. The minimum absolute atomic E-state index is 0.0841. The molecule has 0 atom stereocenters. The molecule has 5 rings (SSSR count). The fourth-order valence-electron chi connectivity index (χ4n) is 4.30. The van der Waals surface area contributed by atoms with Crippen LogP contribution in [-0.2, 0) is 4.79 Å². The molecule has 0 spiro atoms. The number of thioether (sulfide) groups is 1. The minimum Gasteiger partial charge on any atom is -0.496 e. The Bertz CT molecular complexity index is 1660. The highest BCUT2D eigenvalue weighted by Gasteiger charge is 2.20. The van der Waals surface area contributed by atoms with Gasteiger partial charge in [-0.05, 0) is 67.1 Å². The van der Waals surface area contributed by atoms with Gasteiger partial charge in [0.15, 0.2) is 5.82 Å². The van der Waals surface area contributed by atoms with E-state index in [0.29, 0.717) is 22.2 Å². The number of methoxy groups -OCH3 is 1. The van der Waals surface area contributed by atoms with Crippen molar-refractivity contribution in [2.24, 2.45) is 0 Å².